The van der Waals surface area contributed by atoms with Crippen molar-refractivity contribution in [2.45, 2.75) is 0 Å². The zero-order valence-electron chi connectivity index (χ0n) is 5.47. The molecule has 0 N–H and O–H groups in total. The molecule has 0 fully saturated rings. The van der Waals surface area contributed by atoms with Gasteiger partial charge >= 0.3 is 0 Å². The van der Waals surface area contributed by atoms with E-state index in [2.05, 4.69) is 0 Å². The van der Waals surface area contributed by atoms with Crippen molar-refractivity contribution in [1.82, 2.24) is 0 Å². The zero-order chi connectivity index (χ0) is 7.84. The highest BCUT2D eigenvalue weighted by Gasteiger charge is 2.03. The van der Waals surface area contributed by atoms with E-state index < -0.39 is 11.6 Å². The second-order valence-corrected chi connectivity index (χ2v) is 3.17. The molecule has 0 aliphatic heterocycles. The molecule has 0 amide bonds. The minimum absolute atomic E-state index is 0.485. The van der Waals surface area contributed by atoms with Gasteiger partial charge in [-0.05, 0) is 17.5 Å². The van der Waals surface area contributed by atoms with E-state index in [0.717, 1.165) is 6.07 Å². The largest absolute Gasteiger partial charge is 0.207 e. The molecule has 1 aromatic carbocycles. The van der Waals surface area contributed by atoms with E-state index in [1.165, 1.54) is 17.4 Å². The highest BCUT2D eigenvalue weighted by molar-refractivity contribution is 7.17. The van der Waals surface area contributed by atoms with E-state index in [4.69, 9.17) is 0 Å². The van der Waals surface area contributed by atoms with Crippen LogP contribution in [-0.4, -0.2) is 0 Å². The van der Waals surface area contributed by atoms with Crippen molar-refractivity contribution in [1.29, 1.82) is 0 Å². The lowest BCUT2D eigenvalue weighted by Gasteiger charge is -1.91. The van der Waals surface area contributed by atoms with Crippen molar-refractivity contribution in [2.24, 2.45) is 0 Å². The van der Waals surface area contributed by atoms with E-state index in [1.807, 2.05) is 0 Å². The highest BCUT2D eigenvalue weighted by atomic mass is 32.1. The second-order valence-electron chi connectivity index (χ2n) is 2.22. The fourth-order valence-electron chi connectivity index (χ4n) is 0.996. The van der Waals surface area contributed by atoms with Crippen LogP contribution in [0, 0.1) is 11.6 Å². The molecular formula is C8H4F2S. The Hall–Kier alpha value is -0.960. The molecule has 0 unspecified atom stereocenters. The highest BCUT2D eigenvalue weighted by Crippen LogP contribution is 2.24. The van der Waals surface area contributed by atoms with Crippen molar-refractivity contribution in [3.05, 3.63) is 35.2 Å². The van der Waals surface area contributed by atoms with Crippen LogP contribution in [0.5, 0.6) is 0 Å². The molecular weight excluding hydrogens is 166 g/mol. The summed E-state index contributed by atoms with van der Waals surface area (Å²) in [5.74, 6) is -1.00. The van der Waals surface area contributed by atoms with Crippen LogP contribution < -0.4 is 0 Å². The molecule has 2 rings (SSSR count). The first-order valence-corrected chi connectivity index (χ1v) is 3.97. The molecule has 0 radical (unpaired) electrons. The normalized spacial score (nSPS) is 10.7. The van der Waals surface area contributed by atoms with Crippen LogP contribution in [-0.2, 0) is 0 Å². The van der Waals surface area contributed by atoms with Crippen LogP contribution in [0.1, 0.15) is 0 Å². The summed E-state index contributed by atoms with van der Waals surface area (Å²) in [6, 6.07) is 3.88. The van der Waals surface area contributed by atoms with Crippen molar-refractivity contribution < 1.29 is 8.78 Å². The van der Waals surface area contributed by atoms with E-state index >= 15 is 0 Å². The Kier molecular flexibility index (Phi) is 1.39. The smallest absolute Gasteiger partial charge is 0.134 e. The van der Waals surface area contributed by atoms with Crippen molar-refractivity contribution >= 4 is 21.4 Å². The van der Waals surface area contributed by atoms with Crippen LogP contribution in [0.15, 0.2) is 23.6 Å². The van der Waals surface area contributed by atoms with E-state index in [-0.39, 0.29) is 0 Å². The summed E-state index contributed by atoms with van der Waals surface area (Å²) in [4.78, 5) is 0. The van der Waals surface area contributed by atoms with Crippen LogP contribution in [0.2, 0.25) is 0 Å². The molecule has 11 heavy (non-hydrogen) atoms. The molecule has 1 aromatic heterocycles. The van der Waals surface area contributed by atoms with Gasteiger partial charge in [0, 0.05) is 16.2 Å². The maximum absolute atomic E-state index is 12.8. The van der Waals surface area contributed by atoms with Crippen LogP contribution >= 0.6 is 11.3 Å². The summed E-state index contributed by atoms with van der Waals surface area (Å²) >= 11 is 1.34. The van der Waals surface area contributed by atoms with Crippen molar-refractivity contribution in [3.8, 4) is 0 Å². The van der Waals surface area contributed by atoms with Gasteiger partial charge in [0.1, 0.15) is 11.6 Å². The Morgan fingerprint density at radius 1 is 1.18 bits per heavy atom. The predicted molar refractivity (Wildman–Crippen MR) is 41.7 cm³/mol. The Labute approximate surface area is 66.1 Å². The van der Waals surface area contributed by atoms with E-state index in [1.54, 1.807) is 11.4 Å². The SMILES string of the molecule is Fc1cc(F)c2ccsc2c1. The molecule has 0 atom stereocenters. The molecule has 56 valence electrons. The maximum Gasteiger partial charge on any atom is 0.134 e. The molecule has 0 nitrogen and oxygen atoms in total. The third-order valence-electron chi connectivity index (χ3n) is 1.49. The Morgan fingerprint density at radius 3 is 2.82 bits per heavy atom. The quantitative estimate of drug-likeness (QED) is 0.569. The Morgan fingerprint density at radius 2 is 2.00 bits per heavy atom. The number of fused-ring (bicyclic) bond motifs is 1. The number of hydrogen-bond donors (Lipinski definition) is 0. The van der Waals surface area contributed by atoms with Crippen molar-refractivity contribution in [2.75, 3.05) is 0 Å². The molecule has 0 aliphatic rings. The summed E-state index contributed by atoms with van der Waals surface area (Å²) in [5.41, 5.74) is 0. The molecule has 1 heterocycles. The number of hydrogen-bond acceptors (Lipinski definition) is 1. The fourth-order valence-corrected chi connectivity index (χ4v) is 1.82. The second kappa shape index (κ2) is 2.27. The number of benzene rings is 1. The molecule has 0 saturated carbocycles. The monoisotopic (exact) mass is 170 g/mol. The summed E-state index contributed by atoms with van der Waals surface area (Å²) in [6.07, 6.45) is 0. The third-order valence-corrected chi connectivity index (χ3v) is 2.35. The number of rotatable bonds is 0. The van der Waals surface area contributed by atoms with Gasteiger partial charge in [-0.25, -0.2) is 8.78 Å². The molecule has 0 spiro atoms. The van der Waals surface area contributed by atoms with Gasteiger partial charge in [0.25, 0.3) is 0 Å². The maximum atomic E-state index is 12.8. The first kappa shape index (κ1) is 6.73. The number of thiophene rings is 1. The van der Waals surface area contributed by atoms with Gasteiger partial charge in [-0.2, -0.15) is 0 Å². The first-order valence-electron chi connectivity index (χ1n) is 3.09. The van der Waals surface area contributed by atoms with Gasteiger partial charge in [0.05, 0.1) is 0 Å². The minimum Gasteiger partial charge on any atom is -0.207 e. The van der Waals surface area contributed by atoms with Crippen molar-refractivity contribution in [3.63, 3.8) is 0 Å². The number of halogens is 2. The standard InChI is InChI=1S/C8H4F2S/c9-5-3-7(10)6-1-2-11-8(6)4-5/h1-4H. The van der Waals surface area contributed by atoms with Crippen LogP contribution in [0.4, 0.5) is 8.78 Å². The third kappa shape index (κ3) is 1.01. The summed E-state index contributed by atoms with van der Waals surface area (Å²) in [7, 11) is 0. The summed E-state index contributed by atoms with van der Waals surface area (Å²) in [6.45, 7) is 0. The minimum atomic E-state index is -0.516. The molecule has 0 saturated heterocycles. The average molecular weight is 170 g/mol. The van der Waals surface area contributed by atoms with Crippen LogP contribution in [0.3, 0.4) is 0 Å². The Balaban J connectivity index is 2.91. The zero-order valence-corrected chi connectivity index (χ0v) is 6.29. The van der Waals surface area contributed by atoms with E-state index in [0.29, 0.717) is 10.1 Å². The molecule has 0 bridgehead atoms. The van der Waals surface area contributed by atoms with Gasteiger partial charge in [-0.1, -0.05) is 0 Å². The van der Waals surface area contributed by atoms with Crippen LogP contribution in [0.25, 0.3) is 10.1 Å². The fraction of sp³-hybridized carbons (Fsp3) is 0. The summed E-state index contributed by atoms with van der Waals surface area (Å²) < 4.78 is 26.0. The van der Waals surface area contributed by atoms with Gasteiger partial charge in [-0.15, -0.1) is 11.3 Å². The Bertz CT molecular complexity index is 392. The van der Waals surface area contributed by atoms with Gasteiger partial charge < -0.3 is 0 Å². The average Bonchev–Trinajstić information content (AvgIpc) is 2.34. The lowest BCUT2D eigenvalue weighted by molar-refractivity contribution is 0.592. The van der Waals surface area contributed by atoms with E-state index in [9.17, 15) is 8.78 Å². The molecule has 2 aromatic rings. The molecule has 3 heteroatoms. The topological polar surface area (TPSA) is 0 Å². The van der Waals surface area contributed by atoms with Gasteiger partial charge in [0.2, 0.25) is 0 Å². The molecule has 0 aliphatic carbocycles. The van der Waals surface area contributed by atoms with Gasteiger partial charge in [-0.3, -0.25) is 0 Å². The summed E-state index contributed by atoms with van der Waals surface area (Å²) in [5, 5.41) is 2.24. The predicted octanol–water partition coefficient (Wildman–Crippen LogP) is 3.18. The first-order chi connectivity index (χ1) is 5.27. The lowest BCUT2D eigenvalue weighted by Crippen LogP contribution is -1.77. The van der Waals surface area contributed by atoms with Gasteiger partial charge in [0.15, 0.2) is 0 Å². The lowest BCUT2D eigenvalue weighted by atomic mass is 10.2.